The summed E-state index contributed by atoms with van der Waals surface area (Å²) in [5.41, 5.74) is 1.35. The summed E-state index contributed by atoms with van der Waals surface area (Å²) in [5.74, 6) is -0.352. The van der Waals surface area contributed by atoms with Crippen LogP contribution in [0.25, 0.3) is 11.1 Å². The number of hydrogen-bond donors (Lipinski definition) is 0. The second-order valence-electron chi connectivity index (χ2n) is 9.61. The number of rotatable bonds is 5. The molecule has 3 aliphatic heterocycles. The number of hydrogen-bond acceptors (Lipinski definition) is 4. The third kappa shape index (κ3) is 4.84. The van der Waals surface area contributed by atoms with Crippen molar-refractivity contribution in [2.75, 3.05) is 44.2 Å². The topological polar surface area (TPSA) is 33.5 Å². The number of ether oxygens (including phenoxy) is 1. The Morgan fingerprint density at radius 2 is 1.62 bits per heavy atom. The molecule has 1 aromatic carbocycles. The molecule has 1 atom stereocenters. The molecule has 0 radical (unpaired) electrons. The van der Waals surface area contributed by atoms with Gasteiger partial charge in [0.05, 0.1) is 6.20 Å². The minimum absolute atomic E-state index is 0.0855. The fourth-order valence-electron chi connectivity index (χ4n) is 5.46. The molecule has 5 nitrogen and oxygen atoms in total. The molecule has 5 rings (SSSR count). The van der Waals surface area contributed by atoms with E-state index in [0.29, 0.717) is 30.1 Å². The van der Waals surface area contributed by atoms with Crippen LogP contribution in [-0.2, 0) is 4.74 Å². The van der Waals surface area contributed by atoms with Crippen molar-refractivity contribution in [3.63, 3.8) is 0 Å². The average molecular weight is 445 g/mol. The predicted octanol–water partition coefficient (Wildman–Crippen LogP) is 5.23. The van der Waals surface area contributed by atoms with Crippen LogP contribution < -0.4 is 4.90 Å². The third-order valence-electron chi connectivity index (χ3n) is 7.30. The minimum Gasteiger partial charge on any atom is -0.367 e. The van der Waals surface area contributed by atoms with E-state index in [1.807, 2.05) is 11.1 Å². The number of nitrogens with zero attached hydrogens (tertiary/aromatic N) is 4. The van der Waals surface area contributed by atoms with E-state index in [4.69, 9.17) is 4.74 Å². The summed E-state index contributed by atoms with van der Waals surface area (Å²) in [6.45, 7) is 5.69. The van der Waals surface area contributed by atoms with Gasteiger partial charge in [0.25, 0.3) is 0 Å². The number of aromatic nitrogens is 2. The van der Waals surface area contributed by atoms with Crippen molar-refractivity contribution in [2.45, 2.75) is 57.6 Å². The first-order valence-electron chi connectivity index (χ1n) is 12.3. The van der Waals surface area contributed by atoms with Crippen LogP contribution in [0.3, 0.4) is 0 Å². The van der Waals surface area contributed by atoms with Gasteiger partial charge in [0.15, 0.2) is 0 Å². The Balaban J connectivity index is 1.24. The molecule has 0 amide bonds. The summed E-state index contributed by atoms with van der Waals surface area (Å²) in [6.07, 6.45) is 12.4. The summed E-state index contributed by atoms with van der Waals surface area (Å²) in [5, 5.41) is 4.38. The Labute approximate surface area is 189 Å². The van der Waals surface area contributed by atoms with Crippen LogP contribution in [-0.4, -0.2) is 54.0 Å². The molecular weight excluding hydrogens is 410 g/mol. The van der Waals surface area contributed by atoms with E-state index in [2.05, 4.69) is 10.00 Å². The summed E-state index contributed by atoms with van der Waals surface area (Å²) in [7, 11) is 0. The van der Waals surface area contributed by atoms with E-state index in [-0.39, 0.29) is 11.9 Å². The van der Waals surface area contributed by atoms with E-state index < -0.39 is 11.6 Å². The van der Waals surface area contributed by atoms with E-state index in [0.717, 1.165) is 45.3 Å². The molecule has 1 aromatic heterocycles. The first-order valence-corrected chi connectivity index (χ1v) is 12.3. The molecule has 7 heteroatoms. The first kappa shape index (κ1) is 21.8. The molecule has 32 heavy (non-hydrogen) atoms. The van der Waals surface area contributed by atoms with Crippen LogP contribution in [0.4, 0.5) is 14.5 Å². The number of halogens is 2. The van der Waals surface area contributed by atoms with Gasteiger partial charge in [0.2, 0.25) is 0 Å². The zero-order chi connectivity index (χ0) is 21.9. The van der Waals surface area contributed by atoms with Gasteiger partial charge in [-0.2, -0.15) is 5.10 Å². The van der Waals surface area contributed by atoms with Crippen molar-refractivity contribution >= 4 is 5.69 Å². The van der Waals surface area contributed by atoms with Gasteiger partial charge in [-0.15, -0.1) is 0 Å². The lowest BCUT2D eigenvalue weighted by atomic mass is 9.94. The van der Waals surface area contributed by atoms with E-state index in [1.54, 1.807) is 10.9 Å². The van der Waals surface area contributed by atoms with Crippen molar-refractivity contribution in [1.82, 2.24) is 14.7 Å². The second kappa shape index (κ2) is 9.87. The monoisotopic (exact) mass is 444 g/mol. The quantitative estimate of drug-likeness (QED) is 0.632. The smallest absolute Gasteiger partial charge is 0.150 e. The zero-order valence-corrected chi connectivity index (χ0v) is 18.8. The summed E-state index contributed by atoms with van der Waals surface area (Å²) < 4.78 is 37.7. The lowest BCUT2D eigenvalue weighted by Crippen LogP contribution is -2.40. The molecule has 0 bridgehead atoms. The maximum absolute atomic E-state index is 15.1. The fraction of sp³-hybridized carbons (Fsp3) is 0.640. The fourth-order valence-corrected chi connectivity index (χ4v) is 5.46. The van der Waals surface area contributed by atoms with Crippen LogP contribution in [0, 0.1) is 17.6 Å². The average Bonchev–Trinajstić information content (AvgIpc) is 3.32. The third-order valence-corrected chi connectivity index (χ3v) is 7.30. The number of anilines is 1. The SMILES string of the molecule is Fc1cc(-c2cnn(C3CCCCO3)c2)cc(F)c1N1CCC(CN2CCCCC2)CC1. The molecule has 4 heterocycles. The summed E-state index contributed by atoms with van der Waals surface area (Å²) >= 11 is 0. The normalized spacial score (nSPS) is 23.6. The lowest BCUT2D eigenvalue weighted by Gasteiger charge is -2.37. The van der Waals surface area contributed by atoms with Crippen LogP contribution in [0.15, 0.2) is 24.5 Å². The highest BCUT2D eigenvalue weighted by molar-refractivity contribution is 5.66. The van der Waals surface area contributed by atoms with Gasteiger partial charge < -0.3 is 14.5 Å². The predicted molar refractivity (Wildman–Crippen MR) is 122 cm³/mol. The highest BCUT2D eigenvalue weighted by Crippen LogP contribution is 2.33. The molecule has 2 aromatic rings. The molecular formula is C25H34F2N4O. The molecule has 0 aliphatic carbocycles. The van der Waals surface area contributed by atoms with Gasteiger partial charge in [-0.05, 0) is 81.6 Å². The number of piperidine rings is 2. The maximum Gasteiger partial charge on any atom is 0.150 e. The summed E-state index contributed by atoms with van der Waals surface area (Å²) in [6, 6.07) is 2.89. The van der Waals surface area contributed by atoms with Crippen molar-refractivity contribution in [3.05, 3.63) is 36.2 Å². The zero-order valence-electron chi connectivity index (χ0n) is 18.8. The standard InChI is InChI=1S/C25H34F2N4O/c26-22-14-20(21-16-28-31(18-21)24-6-2-5-13-32-24)15-23(27)25(22)30-11-7-19(8-12-30)17-29-9-3-1-4-10-29/h14-16,18-19,24H,1-13,17H2. The molecule has 0 spiro atoms. The van der Waals surface area contributed by atoms with Crippen molar-refractivity contribution in [1.29, 1.82) is 0 Å². The summed E-state index contributed by atoms with van der Waals surface area (Å²) in [4.78, 5) is 4.46. The van der Waals surface area contributed by atoms with Gasteiger partial charge in [0.1, 0.15) is 23.5 Å². The van der Waals surface area contributed by atoms with Gasteiger partial charge in [-0.25, -0.2) is 13.5 Å². The molecule has 3 fully saturated rings. The molecule has 0 saturated carbocycles. The minimum atomic E-state index is -0.490. The molecule has 174 valence electrons. The van der Waals surface area contributed by atoms with Crippen molar-refractivity contribution in [2.24, 2.45) is 5.92 Å². The van der Waals surface area contributed by atoms with Gasteiger partial charge >= 0.3 is 0 Å². The molecule has 0 N–H and O–H groups in total. The van der Waals surface area contributed by atoms with Crippen LogP contribution >= 0.6 is 0 Å². The Morgan fingerprint density at radius 1 is 0.875 bits per heavy atom. The highest BCUT2D eigenvalue weighted by atomic mass is 19.1. The first-order chi connectivity index (χ1) is 15.7. The van der Waals surface area contributed by atoms with Gasteiger partial charge in [-0.1, -0.05) is 6.42 Å². The Morgan fingerprint density at radius 3 is 2.31 bits per heavy atom. The molecule has 3 aliphatic rings. The van der Waals surface area contributed by atoms with E-state index >= 15 is 8.78 Å². The Kier molecular flexibility index (Phi) is 6.74. The van der Waals surface area contributed by atoms with Crippen molar-refractivity contribution in [3.8, 4) is 11.1 Å². The van der Waals surface area contributed by atoms with Crippen molar-refractivity contribution < 1.29 is 13.5 Å². The van der Waals surface area contributed by atoms with Gasteiger partial charge in [-0.3, -0.25) is 0 Å². The molecule has 1 unspecified atom stereocenters. The van der Waals surface area contributed by atoms with Crippen LogP contribution in [0.5, 0.6) is 0 Å². The number of benzene rings is 1. The lowest BCUT2D eigenvalue weighted by molar-refractivity contribution is -0.0394. The number of likely N-dealkylation sites (tertiary alicyclic amines) is 1. The maximum atomic E-state index is 15.1. The van der Waals surface area contributed by atoms with Gasteiger partial charge in [0, 0.05) is 38.0 Å². The Bertz CT molecular complexity index is 874. The highest BCUT2D eigenvalue weighted by Gasteiger charge is 2.26. The van der Waals surface area contributed by atoms with E-state index in [9.17, 15) is 0 Å². The second-order valence-corrected chi connectivity index (χ2v) is 9.61. The van der Waals surface area contributed by atoms with E-state index in [1.165, 1.54) is 44.5 Å². The van der Waals surface area contributed by atoms with Crippen LogP contribution in [0.1, 0.15) is 57.6 Å². The molecule has 3 saturated heterocycles. The van der Waals surface area contributed by atoms with Crippen LogP contribution in [0.2, 0.25) is 0 Å². The largest absolute Gasteiger partial charge is 0.367 e. The Hall–Kier alpha value is -1.99.